The van der Waals surface area contributed by atoms with E-state index >= 15 is 0 Å². The summed E-state index contributed by atoms with van der Waals surface area (Å²) in [4.78, 5) is 24.5. The summed E-state index contributed by atoms with van der Waals surface area (Å²) >= 11 is 0. The van der Waals surface area contributed by atoms with Crippen LogP contribution in [0.5, 0.6) is 0 Å². The molecule has 0 aromatic heterocycles. The van der Waals surface area contributed by atoms with Gasteiger partial charge in [0.15, 0.2) is 6.10 Å². The third kappa shape index (κ3) is 54.1. The summed E-state index contributed by atoms with van der Waals surface area (Å²) in [6.45, 7) is 4.05. The van der Waals surface area contributed by atoms with Crippen molar-refractivity contribution >= 4 is 11.9 Å². The van der Waals surface area contributed by atoms with Gasteiger partial charge >= 0.3 is 11.9 Å². The van der Waals surface area contributed by atoms with Crippen LogP contribution in [0.4, 0.5) is 0 Å². The number of unbranched alkanes of at least 4 members (excludes halogenated alkanes) is 34. The molecule has 1 N–H and O–H groups in total. The van der Waals surface area contributed by atoms with Gasteiger partial charge in [-0.3, -0.25) is 9.59 Å². The lowest BCUT2D eigenvalue weighted by Crippen LogP contribution is -2.28. The van der Waals surface area contributed by atoms with Crippen LogP contribution in [0.3, 0.4) is 0 Å². The van der Waals surface area contributed by atoms with Gasteiger partial charge in [-0.2, -0.15) is 0 Å². The van der Waals surface area contributed by atoms with E-state index in [9.17, 15) is 14.7 Å². The van der Waals surface area contributed by atoms with Crippen molar-refractivity contribution in [1.82, 2.24) is 0 Å². The quantitative estimate of drug-likeness (QED) is 0.0374. The van der Waals surface area contributed by atoms with Crippen molar-refractivity contribution < 1.29 is 24.2 Å². The SMILES string of the molecule is CC/C=C\C/C=C\C/C=C\C/C=C\C/C=C\CCCCCCCCCC(=O)OC(CO)COC(=O)CCCCCCCCCCCCCCCCCCCCCCCCCCCCCC. The fourth-order valence-corrected chi connectivity index (χ4v) is 8.35. The standard InChI is InChI=1S/C60H108O5/c1-3-5-7-9-11-13-15-17-19-21-23-25-27-28-29-30-31-33-34-36-38-40-42-44-46-48-50-52-54-59(62)64-57-58(56-61)65-60(63)55-53-51-49-47-45-43-41-39-37-35-32-26-24-22-20-18-16-14-12-10-8-6-4-2/h6,8,12,14,18,20,24,26,35,37,58,61H,3-5,7,9-11,13,15-17,19,21-23,25,27-34,36,38-57H2,1-2H3/b8-6-,14-12-,20-18-,26-24-,37-35-. The number of aliphatic hydroxyl groups excluding tert-OH is 1. The van der Waals surface area contributed by atoms with Gasteiger partial charge < -0.3 is 14.6 Å². The smallest absolute Gasteiger partial charge is 0.306 e. The molecule has 0 aliphatic heterocycles. The highest BCUT2D eigenvalue weighted by molar-refractivity contribution is 5.70. The van der Waals surface area contributed by atoms with E-state index in [1.54, 1.807) is 0 Å². The summed E-state index contributed by atoms with van der Waals surface area (Å²) in [6, 6.07) is 0. The van der Waals surface area contributed by atoms with Crippen LogP contribution in [-0.2, 0) is 19.1 Å². The Morgan fingerprint density at radius 1 is 0.369 bits per heavy atom. The van der Waals surface area contributed by atoms with Gasteiger partial charge in [0.2, 0.25) is 0 Å². The predicted molar refractivity (Wildman–Crippen MR) is 284 cm³/mol. The molecule has 0 aliphatic rings. The van der Waals surface area contributed by atoms with Crippen LogP contribution in [0.15, 0.2) is 60.8 Å². The zero-order valence-corrected chi connectivity index (χ0v) is 43.3. The number of ether oxygens (including phenoxy) is 2. The molecule has 0 rings (SSSR count). The molecule has 378 valence electrons. The third-order valence-electron chi connectivity index (χ3n) is 12.6. The number of rotatable bonds is 52. The fraction of sp³-hybridized carbons (Fsp3) is 0.800. The lowest BCUT2D eigenvalue weighted by atomic mass is 10.0. The second-order valence-corrected chi connectivity index (χ2v) is 19.0. The first-order chi connectivity index (χ1) is 32.1. The molecule has 0 saturated carbocycles. The van der Waals surface area contributed by atoms with Gasteiger partial charge in [-0.05, 0) is 57.8 Å². The van der Waals surface area contributed by atoms with Crippen LogP contribution in [0.2, 0.25) is 0 Å². The zero-order valence-electron chi connectivity index (χ0n) is 43.3. The molecule has 5 heteroatoms. The Labute approximate surface area is 404 Å². The van der Waals surface area contributed by atoms with Gasteiger partial charge in [0, 0.05) is 12.8 Å². The molecule has 65 heavy (non-hydrogen) atoms. The van der Waals surface area contributed by atoms with Gasteiger partial charge in [0.1, 0.15) is 6.61 Å². The molecule has 0 amide bonds. The second kappa shape index (κ2) is 55.9. The maximum absolute atomic E-state index is 12.3. The fourth-order valence-electron chi connectivity index (χ4n) is 8.35. The molecule has 0 aliphatic carbocycles. The van der Waals surface area contributed by atoms with Crippen molar-refractivity contribution in [3.8, 4) is 0 Å². The maximum Gasteiger partial charge on any atom is 0.306 e. The molecule has 1 atom stereocenters. The van der Waals surface area contributed by atoms with Gasteiger partial charge in [-0.15, -0.1) is 0 Å². The molecule has 0 aromatic carbocycles. The van der Waals surface area contributed by atoms with Gasteiger partial charge in [0.25, 0.3) is 0 Å². The molecule has 5 nitrogen and oxygen atoms in total. The van der Waals surface area contributed by atoms with Crippen molar-refractivity contribution in [2.24, 2.45) is 0 Å². The number of carbonyl (C=O) groups is 2. The van der Waals surface area contributed by atoms with Crippen molar-refractivity contribution in [3.63, 3.8) is 0 Å². The van der Waals surface area contributed by atoms with E-state index in [0.29, 0.717) is 12.8 Å². The molecular weight excluding hydrogens is 801 g/mol. The average Bonchev–Trinajstić information content (AvgIpc) is 3.31. The Morgan fingerprint density at radius 3 is 1.00 bits per heavy atom. The number of aliphatic hydroxyl groups is 1. The minimum Gasteiger partial charge on any atom is -0.462 e. The lowest BCUT2D eigenvalue weighted by Gasteiger charge is -2.15. The Kier molecular flexibility index (Phi) is 53.9. The van der Waals surface area contributed by atoms with E-state index in [4.69, 9.17) is 9.47 Å². The number of hydrogen-bond donors (Lipinski definition) is 1. The summed E-state index contributed by atoms with van der Waals surface area (Å²) in [7, 11) is 0. The highest BCUT2D eigenvalue weighted by Crippen LogP contribution is 2.17. The van der Waals surface area contributed by atoms with Crippen molar-refractivity contribution in [1.29, 1.82) is 0 Å². The summed E-state index contributed by atoms with van der Waals surface area (Å²) in [6.07, 6.45) is 74.8. The molecule has 0 aromatic rings. The van der Waals surface area contributed by atoms with Crippen LogP contribution in [0.1, 0.15) is 290 Å². The van der Waals surface area contributed by atoms with Gasteiger partial charge in [-0.1, -0.05) is 280 Å². The highest BCUT2D eigenvalue weighted by Gasteiger charge is 2.16. The minimum absolute atomic E-state index is 0.0692. The largest absolute Gasteiger partial charge is 0.462 e. The zero-order chi connectivity index (χ0) is 47.0. The van der Waals surface area contributed by atoms with Crippen LogP contribution in [0.25, 0.3) is 0 Å². The van der Waals surface area contributed by atoms with Crippen molar-refractivity contribution in [3.05, 3.63) is 60.8 Å². The van der Waals surface area contributed by atoms with Crippen LogP contribution >= 0.6 is 0 Å². The Hall–Kier alpha value is -2.40. The monoisotopic (exact) mass is 909 g/mol. The van der Waals surface area contributed by atoms with E-state index in [1.807, 2.05) is 0 Å². The molecular formula is C60H108O5. The number of carbonyl (C=O) groups excluding carboxylic acids is 2. The molecule has 0 fully saturated rings. The van der Waals surface area contributed by atoms with Crippen LogP contribution in [-0.4, -0.2) is 36.4 Å². The molecule has 0 heterocycles. The normalized spacial score (nSPS) is 12.6. The number of allylic oxidation sites excluding steroid dienone is 10. The van der Waals surface area contributed by atoms with E-state index in [-0.39, 0.29) is 25.2 Å². The highest BCUT2D eigenvalue weighted by atomic mass is 16.6. The molecule has 0 radical (unpaired) electrons. The Balaban J connectivity index is 3.47. The minimum atomic E-state index is -0.780. The summed E-state index contributed by atoms with van der Waals surface area (Å²) in [5, 5.41) is 9.65. The van der Waals surface area contributed by atoms with Crippen LogP contribution in [0, 0.1) is 0 Å². The molecule has 0 bridgehead atoms. The lowest BCUT2D eigenvalue weighted by molar-refractivity contribution is -0.161. The molecule has 1 unspecified atom stereocenters. The predicted octanol–water partition coefficient (Wildman–Crippen LogP) is 19.0. The first-order valence-corrected chi connectivity index (χ1v) is 28.3. The van der Waals surface area contributed by atoms with Crippen LogP contribution < -0.4 is 0 Å². The van der Waals surface area contributed by atoms with Gasteiger partial charge in [0.05, 0.1) is 6.61 Å². The topological polar surface area (TPSA) is 72.8 Å². The van der Waals surface area contributed by atoms with E-state index in [2.05, 4.69) is 74.6 Å². The number of hydrogen-bond acceptors (Lipinski definition) is 5. The molecule has 0 saturated heterocycles. The first kappa shape index (κ1) is 62.6. The third-order valence-corrected chi connectivity index (χ3v) is 12.6. The Bertz CT molecular complexity index is 1120. The van der Waals surface area contributed by atoms with E-state index in [1.165, 1.54) is 186 Å². The summed E-state index contributed by atoms with van der Waals surface area (Å²) in [5.41, 5.74) is 0. The second-order valence-electron chi connectivity index (χ2n) is 19.0. The summed E-state index contributed by atoms with van der Waals surface area (Å²) < 4.78 is 10.7. The molecule has 0 spiro atoms. The Morgan fingerprint density at radius 2 is 0.662 bits per heavy atom. The average molecular weight is 910 g/mol. The van der Waals surface area contributed by atoms with Gasteiger partial charge in [-0.25, -0.2) is 0 Å². The van der Waals surface area contributed by atoms with Crippen molar-refractivity contribution in [2.45, 2.75) is 296 Å². The van der Waals surface area contributed by atoms with E-state index < -0.39 is 6.10 Å². The first-order valence-electron chi connectivity index (χ1n) is 28.3. The van der Waals surface area contributed by atoms with E-state index in [0.717, 1.165) is 77.0 Å². The number of esters is 2. The maximum atomic E-state index is 12.3. The summed E-state index contributed by atoms with van der Waals surface area (Å²) in [5.74, 6) is -0.593. The van der Waals surface area contributed by atoms with Crippen molar-refractivity contribution in [2.75, 3.05) is 13.2 Å².